The zero-order valence-electron chi connectivity index (χ0n) is 19.8. The summed E-state index contributed by atoms with van der Waals surface area (Å²) >= 11 is 1.42. The van der Waals surface area contributed by atoms with E-state index in [1.54, 1.807) is 25.6 Å². The number of aliphatic hydroxyl groups excluding tert-OH is 1. The lowest BCUT2D eigenvalue weighted by molar-refractivity contribution is -0.113. The summed E-state index contributed by atoms with van der Waals surface area (Å²) in [7, 11) is 1.60. The van der Waals surface area contributed by atoms with E-state index in [1.807, 2.05) is 29.2 Å². The molecule has 1 aromatic carbocycles. The van der Waals surface area contributed by atoms with Crippen molar-refractivity contribution in [1.82, 2.24) is 20.2 Å². The number of benzene rings is 1. The van der Waals surface area contributed by atoms with Crippen LogP contribution in [0.1, 0.15) is 23.7 Å². The van der Waals surface area contributed by atoms with Gasteiger partial charge in [0.05, 0.1) is 30.2 Å². The number of fused-ring (bicyclic) bond motifs is 2. The molecule has 5 rings (SSSR count). The number of alkyl halides is 1. The van der Waals surface area contributed by atoms with E-state index < -0.39 is 12.3 Å². The minimum atomic E-state index is -1.06. The summed E-state index contributed by atoms with van der Waals surface area (Å²) in [6.45, 7) is 1.74. The first-order valence-corrected chi connectivity index (χ1v) is 12.6. The Kier molecular flexibility index (Phi) is 8.63. The van der Waals surface area contributed by atoms with Crippen molar-refractivity contribution in [2.75, 3.05) is 37.8 Å². The van der Waals surface area contributed by atoms with Crippen LogP contribution in [0.15, 0.2) is 47.8 Å². The van der Waals surface area contributed by atoms with Crippen LogP contribution in [0.5, 0.6) is 5.75 Å². The number of rotatable bonds is 7. The van der Waals surface area contributed by atoms with Crippen molar-refractivity contribution in [3.8, 4) is 5.75 Å². The summed E-state index contributed by atoms with van der Waals surface area (Å²) in [5.74, 6) is 1.04. The fourth-order valence-electron chi connectivity index (χ4n) is 4.64. The average Bonchev–Trinajstić information content (AvgIpc) is 2.87. The van der Waals surface area contributed by atoms with Crippen LogP contribution in [0.4, 0.5) is 10.1 Å². The highest BCUT2D eigenvalue weighted by molar-refractivity contribution is 8.00. The molecule has 0 spiro atoms. The second kappa shape index (κ2) is 11.7. The summed E-state index contributed by atoms with van der Waals surface area (Å²) in [5.41, 5.74) is 3.15. The van der Waals surface area contributed by atoms with Gasteiger partial charge in [-0.15, -0.1) is 12.4 Å². The second-order valence-electron chi connectivity index (χ2n) is 8.88. The number of pyridine rings is 2. The number of amides is 1. The lowest BCUT2D eigenvalue weighted by atomic mass is 10.00. The van der Waals surface area contributed by atoms with Crippen LogP contribution in [-0.4, -0.2) is 70.6 Å². The largest absolute Gasteiger partial charge is 0.497 e. The number of thioether (sulfide) groups is 1. The molecule has 3 aromatic rings. The van der Waals surface area contributed by atoms with Crippen molar-refractivity contribution in [2.45, 2.75) is 36.3 Å². The van der Waals surface area contributed by atoms with Gasteiger partial charge in [-0.3, -0.25) is 14.7 Å². The molecule has 1 saturated heterocycles. The number of halogens is 2. The molecule has 0 saturated carbocycles. The molecule has 3 N–H and O–H groups in total. The molecule has 2 aliphatic heterocycles. The predicted molar refractivity (Wildman–Crippen MR) is 141 cm³/mol. The Hall–Kier alpha value is -2.50. The van der Waals surface area contributed by atoms with Gasteiger partial charge in [0.25, 0.3) is 0 Å². The van der Waals surface area contributed by atoms with E-state index in [0.29, 0.717) is 43.2 Å². The van der Waals surface area contributed by atoms with Gasteiger partial charge in [-0.05, 0) is 54.4 Å². The molecule has 8 nitrogen and oxygen atoms in total. The number of anilines is 1. The molecule has 4 heterocycles. The number of piperidine rings is 1. The van der Waals surface area contributed by atoms with Crippen molar-refractivity contribution in [2.24, 2.45) is 0 Å². The summed E-state index contributed by atoms with van der Waals surface area (Å²) in [5, 5.41) is 18.7. The van der Waals surface area contributed by atoms with Crippen molar-refractivity contribution in [1.29, 1.82) is 0 Å². The second-order valence-corrected chi connectivity index (χ2v) is 9.85. The summed E-state index contributed by atoms with van der Waals surface area (Å²) < 4.78 is 20.4. The van der Waals surface area contributed by atoms with Crippen molar-refractivity contribution in [3.63, 3.8) is 0 Å². The minimum absolute atomic E-state index is 0. The standard InChI is InChI=1S/C25H28FN5O3S.ClH/c1-34-16-2-3-20-18(9-16)17(4-6-27-20)23(32)13-31-7-5-21(19(26)12-31)28-10-15-8-22-25(29-11-15)35-14-24(33)30-22;/h2-4,6,8-9,11,19,21,23,28,32H,5,7,10,12-14H2,1H3,(H,30,33);1H/t19?,21?,23-;/m0./s1. The van der Waals surface area contributed by atoms with Crippen LogP contribution in [0.3, 0.4) is 0 Å². The minimum Gasteiger partial charge on any atom is -0.497 e. The number of β-amino-alcohol motifs (C(OH)–C–C–N with tert-alkyl or cyclic N) is 1. The number of aliphatic hydroxyl groups is 1. The third-order valence-electron chi connectivity index (χ3n) is 6.49. The van der Waals surface area contributed by atoms with E-state index in [0.717, 1.165) is 27.1 Å². The highest BCUT2D eigenvalue weighted by Crippen LogP contribution is 2.30. The third kappa shape index (κ3) is 5.90. The molecule has 1 amide bonds. The monoisotopic (exact) mass is 533 g/mol. The van der Waals surface area contributed by atoms with E-state index in [1.165, 1.54) is 11.8 Å². The molecule has 36 heavy (non-hydrogen) atoms. The highest BCUT2D eigenvalue weighted by Gasteiger charge is 2.30. The van der Waals surface area contributed by atoms with E-state index in [4.69, 9.17) is 4.74 Å². The van der Waals surface area contributed by atoms with Crippen molar-refractivity contribution in [3.05, 3.63) is 53.9 Å². The zero-order valence-corrected chi connectivity index (χ0v) is 21.4. The first kappa shape index (κ1) is 26.6. The molecule has 2 aliphatic rings. The fraction of sp³-hybridized carbons (Fsp3) is 0.400. The van der Waals surface area contributed by atoms with Gasteiger partial charge in [0.1, 0.15) is 16.9 Å². The van der Waals surface area contributed by atoms with Gasteiger partial charge in [-0.1, -0.05) is 11.8 Å². The third-order valence-corrected chi connectivity index (χ3v) is 7.49. The molecule has 0 bridgehead atoms. The number of carbonyl (C=O) groups is 1. The number of hydrogen-bond donors (Lipinski definition) is 3. The number of hydrogen-bond acceptors (Lipinski definition) is 8. The topological polar surface area (TPSA) is 99.6 Å². The van der Waals surface area contributed by atoms with Crippen molar-refractivity contribution >= 4 is 46.7 Å². The molecule has 0 radical (unpaired) electrons. The quantitative estimate of drug-likeness (QED) is 0.425. The number of methoxy groups -OCH3 is 1. The maximum absolute atomic E-state index is 15.0. The molecule has 192 valence electrons. The summed E-state index contributed by atoms with van der Waals surface area (Å²) in [4.78, 5) is 22.4. The fourth-order valence-corrected chi connectivity index (χ4v) is 5.37. The van der Waals surface area contributed by atoms with Gasteiger partial charge in [0, 0.05) is 43.5 Å². The van der Waals surface area contributed by atoms with E-state index >= 15 is 4.39 Å². The Morgan fingerprint density at radius 2 is 2.19 bits per heavy atom. The van der Waals surface area contributed by atoms with E-state index in [9.17, 15) is 9.90 Å². The normalized spacial score (nSPS) is 20.8. The molecule has 2 unspecified atom stereocenters. The highest BCUT2D eigenvalue weighted by atomic mass is 35.5. The SMILES string of the molecule is COc1ccc2nccc([C@@H](O)CN3CCC(NCc4cnc5c(c4)NC(=O)CS5)C(F)C3)c2c1.Cl. The molecule has 11 heteroatoms. The van der Waals surface area contributed by atoms with E-state index in [-0.39, 0.29) is 30.9 Å². The number of ether oxygens (including phenoxy) is 1. The average molecular weight is 534 g/mol. The summed E-state index contributed by atoms with van der Waals surface area (Å²) in [6, 6.07) is 8.99. The number of aromatic nitrogens is 2. The smallest absolute Gasteiger partial charge is 0.234 e. The summed E-state index contributed by atoms with van der Waals surface area (Å²) in [6.07, 6.45) is 2.25. The van der Waals surface area contributed by atoms with Gasteiger partial charge in [0.2, 0.25) is 5.91 Å². The van der Waals surface area contributed by atoms with Crippen LogP contribution in [0.2, 0.25) is 0 Å². The molecule has 2 aromatic heterocycles. The number of nitrogens with zero attached hydrogens (tertiary/aromatic N) is 3. The van der Waals surface area contributed by atoms with Crippen LogP contribution >= 0.6 is 24.2 Å². The Labute approximate surface area is 219 Å². The Balaban J connectivity index is 0.00000304. The lowest BCUT2D eigenvalue weighted by Gasteiger charge is -2.36. The Morgan fingerprint density at radius 3 is 3.00 bits per heavy atom. The first-order chi connectivity index (χ1) is 17.0. The van der Waals surface area contributed by atoms with Crippen molar-refractivity contribution < 1.29 is 19.0 Å². The van der Waals surface area contributed by atoms with E-state index in [2.05, 4.69) is 20.6 Å². The molecular formula is C25H29ClFN5O3S. The van der Waals surface area contributed by atoms with Crippen LogP contribution < -0.4 is 15.4 Å². The number of likely N-dealkylation sites (tertiary alicyclic amines) is 1. The molecule has 3 atom stereocenters. The van der Waals surface area contributed by atoms with Gasteiger partial charge in [-0.25, -0.2) is 9.37 Å². The van der Waals surface area contributed by atoms with Gasteiger partial charge >= 0.3 is 0 Å². The Morgan fingerprint density at radius 1 is 1.33 bits per heavy atom. The predicted octanol–water partition coefficient (Wildman–Crippen LogP) is 3.34. The van der Waals surface area contributed by atoms with Crippen LogP contribution in [0.25, 0.3) is 10.9 Å². The number of nitrogens with one attached hydrogen (secondary N) is 2. The van der Waals surface area contributed by atoms with Gasteiger partial charge < -0.3 is 20.5 Å². The molecular weight excluding hydrogens is 505 g/mol. The Bertz CT molecular complexity index is 1240. The first-order valence-electron chi connectivity index (χ1n) is 11.6. The maximum Gasteiger partial charge on any atom is 0.234 e. The molecule has 0 aliphatic carbocycles. The zero-order chi connectivity index (χ0) is 24.4. The lowest BCUT2D eigenvalue weighted by Crippen LogP contribution is -2.51. The van der Waals surface area contributed by atoms with Crippen LogP contribution in [0, 0.1) is 0 Å². The van der Waals surface area contributed by atoms with Gasteiger partial charge in [0.15, 0.2) is 0 Å². The van der Waals surface area contributed by atoms with Crippen LogP contribution in [-0.2, 0) is 11.3 Å². The number of carbonyl (C=O) groups excluding carboxylic acids is 1. The maximum atomic E-state index is 15.0. The molecule has 1 fully saturated rings. The van der Waals surface area contributed by atoms with Gasteiger partial charge in [-0.2, -0.15) is 0 Å².